The average Bonchev–Trinajstić information content (AvgIpc) is 1.85. The van der Waals surface area contributed by atoms with Crippen LogP contribution in [0.2, 0.25) is 0 Å². The van der Waals surface area contributed by atoms with E-state index in [0.29, 0.717) is 0 Å². The number of carbonyl (C=O) groups excluding carboxylic acids is 3. The van der Waals surface area contributed by atoms with E-state index in [2.05, 4.69) is 0 Å². The molecule has 0 bridgehead atoms. The predicted octanol–water partition coefficient (Wildman–Crippen LogP) is -0.638. The summed E-state index contributed by atoms with van der Waals surface area (Å²) in [5.74, 6) is -6.24. The van der Waals surface area contributed by atoms with Gasteiger partial charge in [-0.25, -0.2) is 4.79 Å². The minimum atomic E-state index is -1.76. The number of aliphatic carboxylic acids is 1. The third kappa shape index (κ3) is 7.75. The van der Waals surface area contributed by atoms with Gasteiger partial charge in [0.05, 0.1) is 0 Å². The molecule has 0 rings (SSSR count). The average molecular weight is 366 g/mol. The Morgan fingerprint density at radius 1 is 0.933 bits per heavy atom. The van der Waals surface area contributed by atoms with Crippen LogP contribution in [-0.2, 0) is 19.2 Å². The molecule has 8 heteroatoms. The van der Waals surface area contributed by atoms with Crippen LogP contribution in [0.1, 0.15) is 13.8 Å². The van der Waals surface area contributed by atoms with E-state index >= 15 is 0 Å². The zero-order valence-corrected chi connectivity index (χ0v) is 13.9. The van der Waals surface area contributed by atoms with Crippen LogP contribution in [0.15, 0.2) is 0 Å². The Kier molecular flexibility index (Phi) is 16.7. The number of ketones is 3. The van der Waals surface area contributed by atoms with Crippen LogP contribution in [0.4, 0.5) is 0 Å². The molecule has 0 amide bonds. The fourth-order valence-corrected chi connectivity index (χ4v) is 0.779. The maximum atomic E-state index is 10.7. The minimum absolute atomic E-state index is 0. The van der Waals surface area contributed by atoms with Crippen LogP contribution in [0, 0.1) is 5.92 Å². The van der Waals surface area contributed by atoms with Gasteiger partial charge >= 0.3 is 29.9 Å². The molecule has 0 spiro atoms. The molecule has 0 aromatic rings. The predicted molar refractivity (Wildman–Crippen MR) is 60.5 cm³/mol. The third-order valence-electron chi connectivity index (χ3n) is 1.29. The van der Waals surface area contributed by atoms with Gasteiger partial charge in [0, 0.05) is 0 Å². The molecule has 0 aromatic heterocycles. The first kappa shape index (κ1) is 24.2. The quantitative estimate of drug-likeness (QED) is 0.407. The van der Waals surface area contributed by atoms with Crippen LogP contribution in [0.3, 0.4) is 0 Å². The second-order valence-corrected chi connectivity index (χ2v) is 2.32. The van der Waals surface area contributed by atoms with Crippen molar-refractivity contribution in [1.29, 1.82) is 0 Å². The first-order valence-electron chi connectivity index (χ1n) is 3.16. The third-order valence-corrected chi connectivity index (χ3v) is 1.29. The van der Waals surface area contributed by atoms with Gasteiger partial charge in [-0.05, 0) is 13.8 Å². The fourth-order valence-electron chi connectivity index (χ4n) is 0.779. The maximum absolute atomic E-state index is 10.7. The van der Waals surface area contributed by atoms with E-state index in [1.54, 1.807) is 0 Å². The van der Waals surface area contributed by atoms with E-state index in [9.17, 15) is 19.2 Å². The molecule has 2 radical (unpaired) electrons. The Morgan fingerprint density at radius 3 is 1.27 bits per heavy atom. The summed E-state index contributed by atoms with van der Waals surface area (Å²) in [6.07, 6.45) is 0. The Labute approximate surface area is 116 Å². The van der Waals surface area contributed by atoms with Crippen molar-refractivity contribution in [3.05, 3.63) is 0 Å². The summed E-state index contributed by atoms with van der Waals surface area (Å²) in [7, 11) is 0. The van der Waals surface area contributed by atoms with Gasteiger partial charge in [0.2, 0.25) is 0 Å². The fraction of sp³-hybridized carbons (Fsp3) is 0.429. The van der Waals surface area contributed by atoms with Crippen molar-refractivity contribution in [3.8, 4) is 0 Å². The van der Waals surface area contributed by atoms with Crippen molar-refractivity contribution in [2.45, 2.75) is 13.8 Å². The number of Topliss-reactive ketones (excluding diaryl/α,β-unsaturated/α-hetero) is 3. The normalized spacial score (nSPS) is 7.67. The van der Waals surface area contributed by atoms with Gasteiger partial charge in [0.15, 0.2) is 0 Å². The van der Waals surface area contributed by atoms with E-state index in [0.717, 1.165) is 13.8 Å². The van der Waals surface area contributed by atoms with E-state index < -0.39 is 29.2 Å². The zero-order chi connectivity index (χ0) is 9.89. The number of rotatable bonds is 4. The Balaban J connectivity index is -0.000000202. The molecule has 0 heterocycles. The first-order valence-corrected chi connectivity index (χ1v) is 3.16. The van der Waals surface area contributed by atoms with Crippen LogP contribution < -0.4 is 0 Å². The Bertz CT molecular complexity index is 252. The molecule has 0 saturated heterocycles. The molecule has 0 unspecified atom stereocenters. The molecule has 0 saturated carbocycles. The number of carboxylic acids is 1. The van der Waals surface area contributed by atoms with Crippen LogP contribution in [0.5, 0.6) is 0 Å². The molecule has 0 atom stereocenters. The molecular weight excluding hydrogens is 354 g/mol. The van der Waals surface area contributed by atoms with Crippen LogP contribution in [-0.4, -0.2) is 52.3 Å². The summed E-state index contributed by atoms with van der Waals surface area (Å²) in [6.45, 7) is 2.01. The van der Waals surface area contributed by atoms with E-state index in [1.807, 2.05) is 0 Å². The summed E-state index contributed by atoms with van der Waals surface area (Å²) in [6, 6.07) is 0. The van der Waals surface area contributed by atoms with Gasteiger partial charge in [0.25, 0.3) is 5.78 Å². The monoisotopic (exact) mass is 366 g/mol. The van der Waals surface area contributed by atoms with Crippen molar-refractivity contribution in [2.75, 3.05) is 0 Å². The SMILES string of the molecule is CC(=O)C(C(C)=O)C(=O)C(=O)O.Cl.Cl.[SnH2]. The summed E-state index contributed by atoms with van der Waals surface area (Å²) in [4.78, 5) is 42.0. The van der Waals surface area contributed by atoms with Gasteiger partial charge < -0.3 is 5.11 Å². The second-order valence-electron chi connectivity index (χ2n) is 2.32. The Morgan fingerprint density at radius 2 is 1.20 bits per heavy atom. The number of carboxylic acid groups (broad SMARTS) is 1. The number of hydrogen-bond acceptors (Lipinski definition) is 4. The van der Waals surface area contributed by atoms with E-state index in [-0.39, 0.29) is 48.7 Å². The molecular formula is C7H12Cl2O5Sn. The standard InChI is InChI=1S/C7H8O5.2ClH.Sn.2H/c1-3(8)5(4(2)9)6(10)7(11)12;;;;;/h5H,1-2H3,(H,11,12);2*1H;;;. The molecule has 15 heavy (non-hydrogen) atoms. The molecule has 1 N–H and O–H groups in total. The molecule has 0 aromatic carbocycles. The van der Waals surface area contributed by atoms with Gasteiger partial charge in [-0.1, -0.05) is 0 Å². The van der Waals surface area contributed by atoms with Gasteiger partial charge in [-0.2, -0.15) is 0 Å². The molecule has 88 valence electrons. The van der Waals surface area contributed by atoms with Crippen molar-refractivity contribution in [3.63, 3.8) is 0 Å². The first-order chi connectivity index (χ1) is 5.37. The molecule has 0 aliphatic heterocycles. The van der Waals surface area contributed by atoms with Crippen molar-refractivity contribution >= 4 is 72.0 Å². The van der Waals surface area contributed by atoms with E-state index in [4.69, 9.17) is 5.11 Å². The molecule has 0 aliphatic carbocycles. The van der Waals surface area contributed by atoms with Gasteiger partial charge in [0.1, 0.15) is 17.5 Å². The van der Waals surface area contributed by atoms with Gasteiger partial charge in [-0.3, -0.25) is 14.4 Å². The second kappa shape index (κ2) is 10.4. The number of carbonyl (C=O) groups is 4. The van der Waals surface area contributed by atoms with Gasteiger partial charge in [-0.15, -0.1) is 24.8 Å². The van der Waals surface area contributed by atoms with Crippen molar-refractivity contribution < 1.29 is 24.3 Å². The van der Waals surface area contributed by atoms with Crippen LogP contribution >= 0.6 is 24.8 Å². The summed E-state index contributed by atoms with van der Waals surface area (Å²) in [5.41, 5.74) is 0. The Hall–Kier alpha value is -0.141. The zero-order valence-electron chi connectivity index (χ0n) is 8.18. The summed E-state index contributed by atoms with van der Waals surface area (Å²) >= 11 is 0. The van der Waals surface area contributed by atoms with Crippen LogP contribution in [0.25, 0.3) is 0 Å². The van der Waals surface area contributed by atoms with Crippen molar-refractivity contribution in [1.82, 2.24) is 0 Å². The summed E-state index contributed by atoms with van der Waals surface area (Å²) in [5, 5.41) is 8.20. The molecule has 5 nitrogen and oxygen atoms in total. The molecule has 0 fully saturated rings. The summed E-state index contributed by atoms with van der Waals surface area (Å²) < 4.78 is 0. The van der Waals surface area contributed by atoms with E-state index in [1.165, 1.54) is 0 Å². The van der Waals surface area contributed by atoms with Crippen molar-refractivity contribution in [2.24, 2.45) is 5.92 Å². The number of hydrogen-bond donors (Lipinski definition) is 1. The number of halogens is 2. The molecule has 0 aliphatic rings. The topological polar surface area (TPSA) is 88.5 Å².